The minimum Gasteiger partial charge on any atom is -0.456 e. The first kappa shape index (κ1) is 28.8. The van der Waals surface area contributed by atoms with Crippen LogP contribution in [0, 0.1) is 0 Å². The zero-order chi connectivity index (χ0) is 34.2. The smallest absolute Gasteiger partial charge is 0.143 e. The first-order valence-corrected chi connectivity index (χ1v) is 17.5. The third kappa shape index (κ3) is 4.48. The quantitative estimate of drug-likeness (QED) is 0.183. The van der Waals surface area contributed by atoms with Gasteiger partial charge in [-0.2, -0.15) is 0 Å². The Hall–Kier alpha value is -7.04. The van der Waals surface area contributed by atoms with Gasteiger partial charge in [-0.3, -0.25) is 0 Å². The van der Waals surface area contributed by atoms with E-state index in [1.807, 2.05) is 30.3 Å². The minimum absolute atomic E-state index is 0.848. The fourth-order valence-electron chi connectivity index (χ4n) is 7.78. The Bertz CT molecular complexity index is 3090. The molecule has 0 atom stereocenters. The molecule has 0 N–H and O–H groups in total. The minimum atomic E-state index is 0.848. The van der Waals surface area contributed by atoms with Crippen molar-refractivity contribution in [3.05, 3.63) is 176 Å². The molecule has 8 aromatic carbocycles. The Kier molecular flexibility index (Phi) is 6.22. The second-order valence-corrected chi connectivity index (χ2v) is 13.3. The molecule has 0 amide bonds. The first-order chi connectivity index (χ1) is 25.7. The lowest BCUT2D eigenvalue weighted by Crippen LogP contribution is -2.09. The second-order valence-electron chi connectivity index (χ2n) is 13.3. The van der Waals surface area contributed by atoms with Crippen molar-refractivity contribution >= 4 is 82.9 Å². The van der Waals surface area contributed by atoms with Crippen molar-refractivity contribution in [3.63, 3.8) is 0 Å². The summed E-state index contributed by atoms with van der Waals surface area (Å²) in [5, 5.41) is 6.60. The number of hydrogen-bond acceptors (Lipinski definition) is 4. The molecule has 3 aromatic heterocycles. The van der Waals surface area contributed by atoms with E-state index in [2.05, 4.69) is 150 Å². The van der Waals surface area contributed by atoms with Gasteiger partial charge in [-0.1, -0.05) is 91.0 Å². The predicted molar refractivity (Wildman–Crippen MR) is 214 cm³/mol. The number of para-hydroxylation sites is 4. The maximum Gasteiger partial charge on any atom is 0.143 e. The van der Waals surface area contributed by atoms with Crippen LogP contribution in [0.25, 0.3) is 88.1 Å². The maximum atomic E-state index is 6.66. The molecule has 244 valence electrons. The van der Waals surface area contributed by atoms with Crippen LogP contribution in [0.1, 0.15) is 0 Å². The van der Waals surface area contributed by atoms with Gasteiger partial charge in [0.25, 0.3) is 0 Å². The summed E-state index contributed by atoms with van der Waals surface area (Å²) in [6.45, 7) is 0. The summed E-state index contributed by atoms with van der Waals surface area (Å²) < 4.78 is 19.4. The van der Waals surface area contributed by atoms with Gasteiger partial charge in [0.1, 0.15) is 33.5 Å². The molecule has 4 nitrogen and oxygen atoms in total. The van der Waals surface area contributed by atoms with E-state index >= 15 is 0 Å². The fraction of sp³-hybridized carbons (Fsp3) is 0. The van der Waals surface area contributed by atoms with Gasteiger partial charge in [-0.15, -0.1) is 0 Å². The summed E-state index contributed by atoms with van der Waals surface area (Å²) in [6, 6.07) is 61.2. The van der Waals surface area contributed by atoms with E-state index < -0.39 is 0 Å². The lowest BCUT2D eigenvalue weighted by atomic mass is 9.99. The topological polar surface area (TPSA) is 42.7 Å². The number of furan rings is 3. The summed E-state index contributed by atoms with van der Waals surface area (Å²) >= 11 is 0. The predicted octanol–water partition coefficient (Wildman–Crippen LogP) is 14.2. The largest absolute Gasteiger partial charge is 0.456 e. The van der Waals surface area contributed by atoms with Crippen LogP contribution in [0.15, 0.2) is 189 Å². The molecule has 0 fully saturated rings. The molecule has 11 rings (SSSR count). The number of benzene rings is 8. The molecule has 11 aromatic rings. The number of anilines is 3. The van der Waals surface area contributed by atoms with Crippen LogP contribution >= 0.6 is 0 Å². The SMILES string of the molecule is c1ccc(N(c2ccccc2)c2ccc3c(c2)oc2cc(-c4ccc5c(c4)oc4c(-c6ccc7c(c6)oc6ccccc67)cccc45)ccc23)cc1. The molecule has 3 heterocycles. The van der Waals surface area contributed by atoms with Crippen molar-refractivity contribution in [3.8, 4) is 22.3 Å². The summed E-state index contributed by atoms with van der Waals surface area (Å²) in [6.07, 6.45) is 0. The molecule has 0 aliphatic heterocycles. The summed E-state index contributed by atoms with van der Waals surface area (Å²) in [4.78, 5) is 2.25. The zero-order valence-corrected chi connectivity index (χ0v) is 27.9. The molecule has 0 aliphatic carbocycles. The van der Waals surface area contributed by atoms with Crippen LogP contribution in [0.3, 0.4) is 0 Å². The van der Waals surface area contributed by atoms with Gasteiger partial charge >= 0.3 is 0 Å². The van der Waals surface area contributed by atoms with Gasteiger partial charge < -0.3 is 18.2 Å². The Balaban J connectivity index is 0.979. The third-order valence-electron chi connectivity index (χ3n) is 10.3. The average molecular weight is 668 g/mol. The molecule has 0 aliphatic rings. The van der Waals surface area contributed by atoms with Crippen molar-refractivity contribution in [1.29, 1.82) is 0 Å². The van der Waals surface area contributed by atoms with E-state index in [4.69, 9.17) is 13.3 Å². The van der Waals surface area contributed by atoms with Gasteiger partial charge in [0.05, 0.1) is 0 Å². The van der Waals surface area contributed by atoms with Crippen molar-refractivity contribution < 1.29 is 13.3 Å². The van der Waals surface area contributed by atoms with Crippen molar-refractivity contribution in [2.75, 3.05) is 4.90 Å². The van der Waals surface area contributed by atoms with Crippen LogP contribution in [0.5, 0.6) is 0 Å². The monoisotopic (exact) mass is 667 g/mol. The summed E-state index contributed by atoms with van der Waals surface area (Å²) in [5.41, 5.74) is 12.6. The summed E-state index contributed by atoms with van der Waals surface area (Å²) in [7, 11) is 0. The molecular formula is C48H29NO3. The number of rotatable bonds is 5. The Labute approximate surface area is 298 Å². The van der Waals surface area contributed by atoms with E-state index in [0.717, 1.165) is 105 Å². The van der Waals surface area contributed by atoms with Crippen LogP contribution < -0.4 is 4.90 Å². The lowest BCUT2D eigenvalue weighted by molar-refractivity contribution is 0.667. The van der Waals surface area contributed by atoms with Gasteiger partial charge in [0, 0.05) is 61.0 Å². The molecule has 0 saturated heterocycles. The molecule has 52 heavy (non-hydrogen) atoms. The van der Waals surface area contributed by atoms with Crippen molar-refractivity contribution in [2.45, 2.75) is 0 Å². The third-order valence-corrected chi connectivity index (χ3v) is 10.3. The standard InChI is InChI=1S/C48H29NO3/c1-3-10-33(11-4-1)49(34-12-5-2-6-13-34)35-21-25-40-39-22-18-30(26-44(39)51-47(40)29-35)31-19-23-41-42-16-9-15-36(48(42)52-46(41)27-31)32-20-24-38-37-14-7-8-17-43(37)50-45(38)28-32/h1-29H. The Morgan fingerprint density at radius 3 is 1.46 bits per heavy atom. The molecule has 0 radical (unpaired) electrons. The molecule has 0 unspecified atom stereocenters. The van der Waals surface area contributed by atoms with E-state index in [9.17, 15) is 0 Å². The fourth-order valence-corrected chi connectivity index (χ4v) is 7.78. The van der Waals surface area contributed by atoms with Crippen LogP contribution in [-0.4, -0.2) is 0 Å². The van der Waals surface area contributed by atoms with Crippen LogP contribution in [0.4, 0.5) is 17.1 Å². The number of nitrogens with zero attached hydrogens (tertiary/aromatic N) is 1. The zero-order valence-electron chi connectivity index (χ0n) is 27.9. The second kappa shape index (κ2) is 11.2. The highest BCUT2D eigenvalue weighted by Gasteiger charge is 2.18. The average Bonchev–Trinajstić information content (AvgIpc) is 3.88. The lowest BCUT2D eigenvalue weighted by Gasteiger charge is -2.25. The highest BCUT2D eigenvalue weighted by molar-refractivity contribution is 6.12. The van der Waals surface area contributed by atoms with E-state index in [1.54, 1.807) is 0 Å². The molecule has 0 spiro atoms. The van der Waals surface area contributed by atoms with Crippen molar-refractivity contribution in [2.24, 2.45) is 0 Å². The van der Waals surface area contributed by atoms with Crippen LogP contribution in [-0.2, 0) is 0 Å². The Morgan fingerprint density at radius 1 is 0.288 bits per heavy atom. The molecule has 0 saturated carbocycles. The maximum absolute atomic E-state index is 6.66. The van der Waals surface area contributed by atoms with Gasteiger partial charge in [0.2, 0.25) is 0 Å². The van der Waals surface area contributed by atoms with Crippen molar-refractivity contribution in [1.82, 2.24) is 0 Å². The van der Waals surface area contributed by atoms with Gasteiger partial charge in [0.15, 0.2) is 0 Å². The van der Waals surface area contributed by atoms with E-state index in [-0.39, 0.29) is 0 Å². The van der Waals surface area contributed by atoms with Gasteiger partial charge in [-0.05, 0) is 95.6 Å². The molecule has 0 bridgehead atoms. The van der Waals surface area contributed by atoms with Crippen LogP contribution in [0.2, 0.25) is 0 Å². The van der Waals surface area contributed by atoms with E-state index in [1.165, 1.54) is 0 Å². The van der Waals surface area contributed by atoms with E-state index in [0.29, 0.717) is 0 Å². The Morgan fingerprint density at radius 2 is 0.769 bits per heavy atom. The summed E-state index contributed by atoms with van der Waals surface area (Å²) in [5.74, 6) is 0. The van der Waals surface area contributed by atoms with Gasteiger partial charge in [-0.25, -0.2) is 0 Å². The molecular weight excluding hydrogens is 639 g/mol. The number of fused-ring (bicyclic) bond motifs is 9. The molecule has 4 heteroatoms. The number of hydrogen-bond donors (Lipinski definition) is 0. The highest BCUT2D eigenvalue weighted by atomic mass is 16.3. The highest BCUT2D eigenvalue weighted by Crippen LogP contribution is 2.42. The normalized spacial score (nSPS) is 11.8. The first-order valence-electron chi connectivity index (χ1n) is 17.5.